The van der Waals surface area contributed by atoms with Gasteiger partial charge in [-0.05, 0) is 20.8 Å². The van der Waals surface area contributed by atoms with E-state index in [2.05, 4.69) is 0 Å². The molecular weight excluding hydrogens is 216 g/mol. The Bertz CT molecular complexity index is 271. The van der Waals surface area contributed by atoms with Gasteiger partial charge >= 0.3 is 0 Å². The van der Waals surface area contributed by atoms with Crippen molar-refractivity contribution in [2.75, 3.05) is 6.54 Å². The van der Waals surface area contributed by atoms with E-state index in [1.54, 1.807) is 0 Å². The van der Waals surface area contributed by atoms with Crippen molar-refractivity contribution in [2.45, 2.75) is 38.0 Å². The molecule has 0 aliphatic rings. The Hall–Kier alpha value is -0.270. The van der Waals surface area contributed by atoms with Crippen LogP contribution in [-0.4, -0.2) is 37.3 Å². The summed E-state index contributed by atoms with van der Waals surface area (Å²) >= 11 is 0. The van der Waals surface area contributed by atoms with Crippen LogP contribution >= 0.6 is 0 Å². The van der Waals surface area contributed by atoms with E-state index in [9.17, 15) is 17.2 Å². The van der Waals surface area contributed by atoms with E-state index in [1.165, 1.54) is 20.8 Å². The van der Waals surface area contributed by atoms with Gasteiger partial charge in [-0.25, -0.2) is 21.9 Å². The number of sulfonamides is 1. The van der Waals surface area contributed by atoms with Crippen LogP contribution < -0.4 is 4.72 Å². The molecule has 2 N–H and O–H groups in total. The number of alkyl halides is 2. The highest BCUT2D eigenvalue weighted by molar-refractivity contribution is 7.90. The summed E-state index contributed by atoms with van der Waals surface area (Å²) in [4.78, 5) is 0. The Morgan fingerprint density at radius 3 is 2.07 bits per heavy atom. The van der Waals surface area contributed by atoms with E-state index in [0.29, 0.717) is 0 Å². The first-order chi connectivity index (χ1) is 6.08. The Kier molecular flexibility index (Phi) is 4.41. The van der Waals surface area contributed by atoms with Crippen molar-refractivity contribution >= 4 is 10.0 Å². The summed E-state index contributed by atoms with van der Waals surface area (Å²) < 4.78 is 47.1. The molecule has 0 aromatic carbocycles. The summed E-state index contributed by atoms with van der Waals surface area (Å²) in [6.45, 7) is 3.63. The van der Waals surface area contributed by atoms with E-state index in [0.717, 1.165) is 0 Å². The minimum atomic E-state index is -3.67. The number of aliphatic hydroxyl groups is 1. The molecular formula is C7H15F2NO3S. The number of hydrogen-bond acceptors (Lipinski definition) is 3. The highest BCUT2D eigenvalue weighted by Crippen LogP contribution is 2.13. The lowest BCUT2D eigenvalue weighted by Crippen LogP contribution is -2.44. The van der Waals surface area contributed by atoms with Crippen molar-refractivity contribution in [3.63, 3.8) is 0 Å². The number of rotatable bonds is 4. The summed E-state index contributed by atoms with van der Waals surface area (Å²) in [6, 6.07) is 0. The maximum atomic E-state index is 11.8. The highest BCUT2D eigenvalue weighted by atomic mass is 32.2. The van der Waals surface area contributed by atoms with Crippen molar-refractivity contribution in [3.05, 3.63) is 0 Å². The SMILES string of the molecule is CC(C)(C)S(=O)(=O)NCC(O)C(F)F. The van der Waals surface area contributed by atoms with E-state index in [-0.39, 0.29) is 0 Å². The largest absolute Gasteiger partial charge is 0.386 e. The Morgan fingerprint density at radius 1 is 1.36 bits per heavy atom. The lowest BCUT2D eigenvalue weighted by Gasteiger charge is -2.20. The van der Waals surface area contributed by atoms with Gasteiger partial charge in [0.1, 0.15) is 6.10 Å². The standard InChI is InChI=1S/C7H15F2NO3S/c1-7(2,3)14(12,13)10-4-5(11)6(8)9/h5-6,10-11H,4H2,1-3H3. The molecule has 4 nitrogen and oxygen atoms in total. The van der Waals surface area contributed by atoms with Crippen LogP contribution in [0.4, 0.5) is 8.78 Å². The molecule has 1 atom stereocenters. The molecule has 0 rings (SSSR count). The van der Waals surface area contributed by atoms with Gasteiger partial charge in [-0.15, -0.1) is 0 Å². The van der Waals surface area contributed by atoms with Gasteiger partial charge in [0.15, 0.2) is 0 Å². The highest BCUT2D eigenvalue weighted by Gasteiger charge is 2.30. The molecule has 0 saturated heterocycles. The summed E-state index contributed by atoms with van der Waals surface area (Å²) in [5.74, 6) is 0. The number of nitrogens with one attached hydrogen (secondary N) is 1. The molecule has 0 heterocycles. The Morgan fingerprint density at radius 2 is 1.79 bits per heavy atom. The molecule has 0 spiro atoms. The van der Waals surface area contributed by atoms with E-state index < -0.39 is 33.8 Å². The molecule has 0 radical (unpaired) electrons. The second-order valence-corrected chi connectivity index (χ2v) is 6.39. The molecule has 0 aliphatic carbocycles. The molecule has 0 fully saturated rings. The summed E-state index contributed by atoms with van der Waals surface area (Å²) in [6.07, 6.45) is -4.91. The van der Waals surface area contributed by atoms with Crippen LogP contribution in [-0.2, 0) is 10.0 Å². The monoisotopic (exact) mass is 231 g/mol. The molecule has 1 unspecified atom stereocenters. The number of aliphatic hydroxyl groups excluding tert-OH is 1. The van der Waals surface area contributed by atoms with Crippen molar-refractivity contribution in [2.24, 2.45) is 0 Å². The predicted molar refractivity (Wildman–Crippen MR) is 48.7 cm³/mol. The fourth-order valence-electron chi connectivity index (χ4n) is 0.501. The third-order valence-electron chi connectivity index (χ3n) is 1.58. The zero-order valence-electron chi connectivity index (χ0n) is 8.29. The Balaban J connectivity index is 4.29. The van der Waals surface area contributed by atoms with E-state index >= 15 is 0 Å². The van der Waals surface area contributed by atoms with Crippen LogP contribution in [0, 0.1) is 0 Å². The van der Waals surface area contributed by atoms with Crippen molar-refractivity contribution in [1.29, 1.82) is 0 Å². The summed E-state index contributed by atoms with van der Waals surface area (Å²) in [5, 5.41) is 8.68. The molecule has 0 amide bonds. The lowest BCUT2D eigenvalue weighted by molar-refractivity contribution is -0.000511. The third-order valence-corrected chi connectivity index (χ3v) is 3.74. The molecule has 86 valence electrons. The van der Waals surface area contributed by atoms with Gasteiger partial charge in [-0.2, -0.15) is 0 Å². The van der Waals surface area contributed by atoms with Gasteiger partial charge in [0.05, 0.1) is 4.75 Å². The van der Waals surface area contributed by atoms with Crippen LogP contribution in [0.15, 0.2) is 0 Å². The van der Waals surface area contributed by atoms with Gasteiger partial charge in [0.25, 0.3) is 6.43 Å². The zero-order chi connectivity index (χ0) is 11.6. The average molecular weight is 231 g/mol. The van der Waals surface area contributed by atoms with Gasteiger partial charge in [-0.3, -0.25) is 0 Å². The summed E-state index contributed by atoms with van der Waals surface area (Å²) in [5.41, 5.74) is 0. The number of halogens is 2. The van der Waals surface area contributed by atoms with Crippen LogP contribution in [0.2, 0.25) is 0 Å². The first kappa shape index (κ1) is 13.7. The number of hydrogen-bond donors (Lipinski definition) is 2. The molecule has 7 heteroatoms. The minimum absolute atomic E-state index is 0.669. The quantitative estimate of drug-likeness (QED) is 0.732. The predicted octanol–water partition coefficient (Wildman–Crippen LogP) is 0.330. The maximum Gasteiger partial charge on any atom is 0.265 e. The third kappa shape index (κ3) is 3.85. The Labute approximate surface area is 82.4 Å². The maximum absolute atomic E-state index is 11.8. The molecule has 0 aromatic heterocycles. The minimum Gasteiger partial charge on any atom is -0.386 e. The molecule has 0 aliphatic heterocycles. The van der Waals surface area contributed by atoms with E-state index in [4.69, 9.17) is 5.11 Å². The van der Waals surface area contributed by atoms with Crippen molar-refractivity contribution in [1.82, 2.24) is 4.72 Å². The van der Waals surface area contributed by atoms with Gasteiger partial charge in [0.2, 0.25) is 10.0 Å². The fourth-order valence-corrected chi connectivity index (χ4v) is 1.32. The van der Waals surface area contributed by atoms with Gasteiger partial charge in [-0.1, -0.05) is 0 Å². The van der Waals surface area contributed by atoms with Crippen LogP contribution in [0.3, 0.4) is 0 Å². The van der Waals surface area contributed by atoms with Crippen molar-refractivity contribution < 1.29 is 22.3 Å². The molecule has 0 saturated carbocycles. The molecule has 0 aromatic rings. The second kappa shape index (κ2) is 4.50. The van der Waals surface area contributed by atoms with Crippen LogP contribution in [0.25, 0.3) is 0 Å². The second-order valence-electron chi connectivity index (χ2n) is 3.87. The van der Waals surface area contributed by atoms with E-state index in [1.807, 2.05) is 4.72 Å². The smallest absolute Gasteiger partial charge is 0.265 e. The average Bonchev–Trinajstić information content (AvgIpc) is 1.97. The fraction of sp³-hybridized carbons (Fsp3) is 1.00. The molecule has 14 heavy (non-hydrogen) atoms. The van der Waals surface area contributed by atoms with Gasteiger partial charge in [0, 0.05) is 6.54 Å². The van der Waals surface area contributed by atoms with Gasteiger partial charge < -0.3 is 5.11 Å². The normalized spacial score (nSPS) is 15.9. The first-order valence-electron chi connectivity index (χ1n) is 4.03. The molecule has 0 bridgehead atoms. The first-order valence-corrected chi connectivity index (χ1v) is 5.51. The topological polar surface area (TPSA) is 66.4 Å². The van der Waals surface area contributed by atoms with Crippen LogP contribution in [0.1, 0.15) is 20.8 Å². The zero-order valence-corrected chi connectivity index (χ0v) is 9.11. The lowest BCUT2D eigenvalue weighted by atomic mass is 10.3. The summed E-state index contributed by atoms with van der Waals surface area (Å²) in [7, 11) is -3.67. The van der Waals surface area contributed by atoms with Crippen LogP contribution in [0.5, 0.6) is 0 Å². The van der Waals surface area contributed by atoms with Crippen molar-refractivity contribution in [3.8, 4) is 0 Å².